The van der Waals surface area contributed by atoms with E-state index in [1.165, 1.54) is 0 Å². The van der Waals surface area contributed by atoms with E-state index in [4.69, 9.17) is 5.73 Å². The molecule has 0 saturated heterocycles. The van der Waals surface area contributed by atoms with E-state index in [0.717, 1.165) is 5.56 Å². The number of aliphatic hydroxyl groups is 1. The highest BCUT2D eigenvalue weighted by molar-refractivity contribution is 7.85. The molecule has 0 radical (unpaired) electrons. The molecule has 5 heteroatoms. The number of rotatable bonds is 6. The van der Waals surface area contributed by atoms with Gasteiger partial charge in [-0.3, -0.25) is 9.00 Å². The second-order valence-corrected chi connectivity index (χ2v) is 6.54. The second kappa shape index (κ2) is 6.82. The average Bonchev–Trinajstić information content (AvgIpc) is 2.39. The van der Waals surface area contributed by atoms with E-state index in [0.29, 0.717) is 11.3 Å². The summed E-state index contributed by atoms with van der Waals surface area (Å²) in [7, 11) is -1.27. The Kier molecular flexibility index (Phi) is 5.69. The summed E-state index contributed by atoms with van der Waals surface area (Å²) < 4.78 is 12.4. The van der Waals surface area contributed by atoms with Crippen molar-refractivity contribution in [3.05, 3.63) is 29.8 Å². The van der Waals surface area contributed by atoms with Crippen LogP contribution in [0.15, 0.2) is 29.2 Å². The third kappa shape index (κ3) is 3.88. The van der Waals surface area contributed by atoms with Crippen LogP contribution in [0, 0.1) is 12.8 Å². The largest absolute Gasteiger partial charge is 0.383 e. The van der Waals surface area contributed by atoms with Crippen LogP contribution in [0.1, 0.15) is 25.8 Å². The zero-order valence-electron chi connectivity index (χ0n) is 11.5. The first kappa shape index (κ1) is 15.9. The van der Waals surface area contributed by atoms with Crippen molar-refractivity contribution in [2.75, 3.05) is 0 Å². The zero-order chi connectivity index (χ0) is 14.6. The molecule has 1 aromatic carbocycles. The van der Waals surface area contributed by atoms with E-state index >= 15 is 0 Å². The Morgan fingerprint density at radius 2 is 1.89 bits per heavy atom. The first-order valence-electron chi connectivity index (χ1n) is 6.33. The highest BCUT2D eigenvalue weighted by Crippen LogP contribution is 2.23. The number of carbonyl (C=O) groups excluding carboxylic acids is 1. The molecule has 0 saturated carbocycles. The van der Waals surface area contributed by atoms with Crippen LogP contribution in [0.25, 0.3) is 0 Å². The van der Waals surface area contributed by atoms with Crippen LogP contribution in [-0.4, -0.2) is 26.6 Å². The fraction of sp³-hybridized carbons (Fsp3) is 0.500. The van der Waals surface area contributed by atoms with Gasteiger partial charge >= 0.3 is 0 Å². The number of aliphatic hydroxyl groups excluding tert-OH is 1. The van der Waals surface area contributed by atoms with Crippen LogP contribution in [0.2, 0.25) is 0 Å². The molecular formula is C14H21NO3S. The minimum atomic E-state index is -1.27. The van der Waals surface area contributed by atoms with Crippen molar-refractivity contribution in [1.82, 2.24) is 0 Å². The number of nitrogens with two attached hydrogens (primary N) is 1. The average molecular weight is 283 g/mol. The Morgan fingerprint density at radius 3 is 2.32 bits per heavy atom. The van der Waals surface area contributed by atoms with Gasteiger partial charge in [0, 0.05) is 16.1 Å². The van der Waals surface area contributed by atoms with Gasteiger partial charge in [-0.05, 0) is 25.5 Å². The molecule has 1 rings (SSSR count). The van der Waals surface area contributed by atoms with Crippen LogP contribution in [-0.2, 0) is 15.6 Å². The highest BCUT2D eigenvalue weighted by atomic mass is 32.2. The molecule has 106 valence electrons. The number of amides is 1. The molecule has 1 amide bonds. The van der Waals surface area contributed by atoms with Gasteiger partial charge in [0.2, 0.25) is 5.91 Å². The Labute approximate surface area is 116 Å². The molecule has 4 nitrogen and oxygen atoms in total. The smallest absolute Gasteiger partial charge is 0.246 e. The number of hydrogen-bond acceptors (Lipinski definition) is 3. The minimum absolute atomic E-state index is 0.338. The molecule has 0 aliphatic heterocycles. The number of carbonyl (C=O) groups is 1. The third-order valence-corrected chi connectivity index (χ3v) is 5.12. The number of aryl methyl sites for hydroxylation is 1. The van der Waals surface area contributed by atoms with Gasteiger partial charge in [0.05, 0.1) is 10.8 Å². The maximum atomic E-state index is 12.4. The molecule has 0 spiro atoms. The summed E-state index contributed by atoms with van der Waals surface area (Å²) in [5.41, 5.74) is 6.22. The molecule has 1 aromatic rings. The van der Waals surface area contributed by atoms with Crippen LogP contribution in [0.3, 0.4) is 0 Å². The van der Waals surface area contributed by atoms with Gasteiger partial charge in [0.1, 0.15) is 6.10 Å². The Morgan fingerprint density at radius 1 is 1.37 bits per heavy atom. The zero-order valence-corrected chi connectivity index (χ0v) is 12.3. The lowest BCUT2D eigenvalue weighted by Crippen LogP contribution is -2.41. The SMILES string of the molecule is CCC(C(C)S(=O)c1ccc(C)cc1)[C@H](O)C(N)=O. The van der Waals surface area contributed by atoms with Crippen molar-refractivity contribution < 1.29 is 14.1 Å². The van der Waals surface area contributed by atoms with Crippen molar-refractivity contribution in [1.29, 1.82) is 0 Å². The topological polar surface area (TPSA) is 80.4 Å². The summed E-state index contributed by atoms with van der Waals surface area (Å²) in [6, 6.07) is 7.41. The van der Waals surface area contributed by atoms with Crippen molar-refractivity contribution in [3.8, 4) is 0 Å². The summed E-state index contributed by atoms with van der Waals surface area (Å²) in [5.74, 6) is -1.17. The second-order valence-electron chi connectivity index (χ2n) is 4.73. The molecular weight excluding hydrogens is 262 g/mol. The predicted octanol–water partition coefficient (Wildman–Crippen LogP) is 1.36. The van der Waals surface area contributed by atoms with Gasteiger partial charge in [0.25, 0.3) is 0 Å². The Hall–Kier alpha value is -1.20. The van der Waals surface area contributed by atoms with E-state index in [-0.39, 0.29) is 5.25 Å². The molecule has 0 aliphatic rings. The molecule has 19 heavy (non-hydrogen) atoms. The van der Waals surface area contributed by atoms with Crippen molar-refractivity contribution in [2.45, 2.75) is 43.4 Å². The Bertz CT molecular complexity index is 458. The molecule has 0 aliphatic carbocycles. The summed E-state index contributed by atoms with van der Waals surface area (Å²) >= 11 is 0. The van der Waals surface area contributed by atoms with Crippen LogP contribution in [0.4, 0.5) is 0 Å². The first-order chi connectivity index (χ1) is 8.88. The summed E-state index contributed by atoms with van der Waals surface area (Å²) in [5, 5.41) is 9.45. The standard InChI is InChI=1S/C14H21NO3S/c1-4-12(13(16)14(15)17)10(3)19(18)11-7-5-9(2)6-8-11/h5-8,10,12-13,16H,4H2,1-3H3,(H2,15,17)/t10?,12?,13-,19?/m0/s1. The lowest BCUT2D eigenvalue weighted by atomic mass is 9.96. The molecule has 3 unspecified atom stereocenters. The monoisotopic (exact) mass is 283 g/mol. The fourth-order valence-electron chi connectivity index (χ4n) is 2.07. The summed E-state index contributed by atoms with van der Waals surface area (Å²) in [4.78, 5) is 11.8. The lowest BCUT2D eigenvalue weighted by molar-refractivity contribution is -0.128. The van der Waals surface area contributed by atoms with Crippen molar-refractivity contribution in [2.24, 2.45) is 11.7 Å². The van der Waals surface area contributed by atoms with Gasteiger partial charge in [-0.25, -0.2) is 0 Å². The fourth-order valence-corrected chi connectivity index (χ4v) is 3.56. The van der Waals surface area contributed by atoms with Crippen molar-refractivity contribution >= 4 is 16.7 Å². The summed E-state index contributed by atoms with van der Waals surface area (Å²) in [6.45, 7) is 5.58. The van der Waals surface area contributed by atoms with Gasteiger partial charge < -0.3 is 10.8 Å². The van der Waals surface area contributed by atoms with E-state index in [1.54, 1.807) is 6.92 Å². The van der Waals surface area contributed by atoms with Gasteiger partial charge in [0.15, 0.2) is 0 Å². The third-order valence-electron chi connectivity index (χ3n) is 3.36. The number of hydrogen-bond donors (Lipinski definition) is 2. The first-order valence-corrected chi connectivity index (χ1v) is 7.54. The van der Waals surface area contributed by atoms with E-state index in [1.807, 2.05) is 38.1 Å². The maximum absolute atomic E-state index is 12.4. The number of primary amides is 1. The predicted molar refractivity (Wildman–Crippen MR) is 76.0 cm³/mol. The van der Waals surface area contributed by atoms with Gasteiger partial charge in [-0.15, -0.1) is 0 Å². The van der Waals surface area contributed by atoms with Crippen LogP contribution >= 0.6 is 0 Å². The maximum Gasteiger partial charge on any atom is 0.246 e. The van der Waals surface area contributed by atoms with Gasteiger partial charge in [-0.2, -0.15) is 0 Å². The van der Waals surface area contributed by atoms with Crippen LogP contribution < -0.4 is 5.73 Å². The minimum Gasteiger partial charge on any atom is -0.383 e. The molecule has 4 atom stereocenters. The van der Waals surface area contributed by atoms with Crippen LogP contribution in [0.5, 0.6) is 0 Å². The number of benzene rings is 1. The van der Waals surface area contributed by atoms with Gasteiger partial charge in [-0.1, -0.05) is 31.5 Å². The molecule has 0 aromatic heterocycles. The van der Waals surface area contributed by atoms with E-state index in [2.05, 4.69) is 0 Å². The molecule has 0 fully saturated rings. The normalized spacial score (nSPS) is 17.5. The summed E-state index contributed by atoms with van der Waals surface area (Å²) in [6.07, 6.45) is -0.711. The Balaban J connectivity index is 2.91. The quantitative estimate of drug-likeness (QED) is 0.827. The van der Waals surface area contributed by atoms with Crippen molar-refractivity contribution in [3.63, 3.8) is 0 Å². The molecule has 0 heterocycles. The van der Waals surface area contributed by atoms with E-state index in [9.17, 15) is 14.1 Å². The molecule has 3 N–H and O–H groups in total. The molecule has 0 bridgehead atoms. The lowest BCUT2D eigenvalue weighted by Gasteiger charge is -2.25. The highest BCUT2D eigenvalue weighted by Gasteiger charge is 2.31. The van der Waals surface area contributed by atoms with E-state index < -0.39 is 28.7 Å².